The maximum absolute atomic E-state index is 6.70. The van der Waals surface area contributed by atoms with Crippen molar-refractivity contribution in [1.29, 1.82) is 0 Å². The lowest BCUT2D eigenvalue weighted by atomic mass is 9.73. The molecule has 1 spiro atoms. The van der Waals surface area contributed by atoms with E-state index in [0.717, 1.165) is 59.5 Å². The first-order valence-corrected chi connectivity index (χ1v) is 12.4. The molecule has 4 heterocycles. The molecular formula is C24H27ClN6OS. The van der Waals surface area contributed by atoms with Crippen molar-refractivity contribution in [3.05, 3.63) is 65.5 Å². The monoisotopic (exact) mass is 482 g/mol. The van der Waals surface area contributed by atoms with Crippen molar-refractivity contribution >= 4 is 29.2 Å². The molecule has 3 aromatic rings. The number of benzene rings is 1. The van der Waals surface area contributed by atoms with Crippen LogP contribution in [-0.4, -0.2) is 51.8 Å². The quantitative estimate of drug-likeness (QED) is 0.583. The van der Waals surface area contributed by atoms with E-state index >= 15 is 0 Å². The summed E-state index contributed by atoms with van der Waals surface area (Å²) < 4.78 is 5.83. The summed E-state index contributed by atoms with van der Waals surface area (Å²) in [4.78, 5) is 21.0. The highest BCUT2D eigenvalue weighted by molar-refractivity contribution is 7.99. The molecule has 33 heavy (non-hydrogen) atoms. The smallest absolute Gasteiger partial charge is 0.147 e. The van der Waals surface area contributed by atoms with Gasteiger partial charge in [0.2, 0.25) is 0 Å². The molecule has 9 heteroatoms. The van der Waals surface area contributed by atoms with Gasteiger partial charge in [-0.2, -0.15) is 0 Å². The Bertz CT molecular complexity index is 1090. The standard InChI is InChI=1S/C24H27ClN6OS/c1-16-23(26)24(15-32-16)5-9-31(10-6-24)20-13-30-21(14-29-20)33-19-4-2-3-17(22(19)25)11-18-12-27-7-8-28-18/h2-4,7-8,12-14,16,23H,5-6,9-11,15,26H2,1H3/t16-,23+/m0/s1. The van der Waals surface area contributed by atoms with Gasteiger partial charge in [-0.1, -0.05) is 35.5 Å². The van der Waals surface area contributed by atoms with Crippen molar-refractivity contribution in [3.8, 4) is 0 Å². The molecular weight excluding hydrogens is 456 g/mol. The Hall–Kier alpha value is -2.26. The second-order valence-electron chi connectivity index (χ2n) is 8.81. The van der Waals surface area contributed by atoms with Crippen LogP contribution in [0.2, 0.25) is 5.02 Å². The van der Waals surface area contributed by atoms with Gasteiger partial charge in [0.15, 0.2) is 0 Å². The van der Waals surface area contributed by atoms with E-state index in [9.17, 15) is 0 Å². The van der Waals surface area contributed by atoms with Gasteiger partial charge in [0.25, 0.3) is 0 Å². The summed E-state index contributed by atoms with van der Waals surface area (Å²) in [5, 5.41) is 1.52. The number of ether oxygens (including phenoxy) is 1. The maximum Gasteiger partial charge on any atom is 0.147 e. The molecule has 172 valence electrons. The van der Waals surface area contributed by atoms with Crippen LogP contribution in [0, 0.1) is 5.41 Å². The molecule has 7 nitrogen and oxygen atoms in total. The van der Waals surface area contributed by atoms with Gasteiger partial charge in [-0.05, 0) is 31.4 Å². The van der Waals surface area contributed by atoms with Crippen molar-refractivity contribution < 1.29 is 4.74 Å². The van der Waals surface area contributed by atoms with Crippen molar-refractivity contribution in [2.24, 2.45) is 11.1 Å². The minimum absolute atomic E-state index is 0.103. The molecule has 0 amide bonds. The largest absolute Gasteiger partial charge is 0.376 e. The van der Waals surface area contributed by atoms with Gasteiger partial charge in [0, 0.05) is 54.5 Å². The van der Waals surface area contributed by atoms with Crippen molar-refractivity contribution in [1.82, 2.24) is 19.9 Å². The Morgan fingerprint density at radius 1 is 1.15 bits per heavy atom. The normalized spacial score (nSPS) is 22.1. The van der Waals surface area contributed by atoms with E-state index in [-0.39, 0.29) is 17.6 Å². The molecule has 2 saturated heterocycles. The fourth-order valence-electron chi connectivity index (χ4n) is 4.68. The third kappa shape index (κ3) is 4.71. The summed E-state index contributed by atoms with van der Waals surface area (Å²) in [5.74, 6) is 0.900. The average Bonchev–Trinajstić information content (AvgIpc) is 3.12. The molecule has 0 aliphatic carbocycles. The van der Waals surface area contributed by atoms with Crippen LogP contribution in [-0.2, 0) is 11.2 Å². The topological polar surface area (TPSA) is 90.0 Å². The number of aromatic nitrogens is 4. The second-order valence-corrected chi connectivity index (χ2v) is 10.2. The van der Waals surface area contributed by atoms with E-state index in [0.29, 0.717) is 11.4 Å². The number of hydrogen-bond donors (Lipinski definition) is 1. The first-order chi connectivity index (χ1) is 16.0. The lowest BCUT2D eigenvalue weighted by molar-refractivity contribution is 0.0974. The van der Waals surface area contributed by atoms with Gasteiger partial charge in [0.05, 0.1) is 35.8 Å². The highest BCUT2D eigenvalue weighted by Gasteiger charge is 2.47. The lowest BCUT2D eigenvalue weighted by Gasteiger charge is -2.41. The van der Waals surface area contributed by atoms with Crippen LogP contribution < -0.4 is 10.6 Å². The lowest BCUT2D eigenvalue weighted by Crippen LogP contribution is -2.50. The van der Waals surface area contributed by atoms with Crippen LogP contribution in [0.1, 0.15) is 31.0 Å². The first kappa shape index (κ1) is 22.5. The predicted octanol–water partition coefficient (Wildman–Crippen LogP) is 3.99. The number of hydrogen-bond acceptors (Lipinski definition) is 8. The van der Waals surface area contributed by atoms with Crippen molar-refractivity contribution in [2.75, 3.05) is 24.6 Å². The SMILES string of the molecule is C[C@@H]1OCC2(CCN(c3cnc(Sc4cccc(Cc5cnccn5)c4Cl)cn3)CC2)[C@@H]1N. The van der Waals surface area contributed by atoms with Gasteiger partial charge in [-0.15, -0.1) is 0 Å². The number of nitrogens with zero attached hydrogens (tertiary/aromatic N) is 5. The zero-order chi connectivity index (χ0) is 22.8. The third-order valence-electron chi connectivity index (χ3n) is 6.79. The average molecular weight is 483 g/mol. The third-order valence-corrected chi connectivity index (χ3v) is 8.33. The first-order valence-electron chi connectivity index (χ1n) is 11.2. The molecule has 2 aromatic heterocycles. The Kier molecular flexibility index (Phi) is 6.51. The molecule has 2 N–H and O–H groups in total. The van der Waals surface area contributed by atoms with Crippen LogP contribution in [0.15, 0.2) is 59.1 Å². The number of halogens is 1. The van der Waals surface area contributed by atoms with Gasteiger partial charge < -0.3 is 15.4 Å². The number of rotatable bonds is 5. The zero-order valence-electron chi connectivity index (χ0n) is 18.5. The molecule has 0 radical (unpaired) electrons. The van der Waals surface area contributed by atoms with E-state index in [4.69, 9.17) is 22.1 Å². The van der Waals surface area contributed by atoms with Gasteiger partial charge in [-0.3, -0.25) is 9.97 Å². The molecule has 2 atom stereocenters. The highest BCUT2D eigenvalue weighted by Crippen LogP contribution is 2.42. The van der Waals surface area contributed by atoms with Crippen molar-refractivity contribution in [2.45, 2.75) is 48.3 Å². The maximum atomic E-state index is 6.70. The van der Waals surface area contributed by atoms with E-state index < -0.39 is 0 Å². The van der Waals surface area contributed by atoms with Crippen LogP contribution >= 0.6 is 23.4 Å². The van der Waals surface area contributed by atoms with Crippen LogP contribution in [0.25, 0.3) is 0 Å². The summed E-state index contributed by atoms with van der Waals surface area (Å²) in [5.41, 5.74) is 8.44. The van der Waals surface area contributed by atoms with Crippen molar-refractivity contribution in [3.63, 3.8) is 0 Å². The molecule has 2 aliphatic rings. The molecule has 5 rings (SSSR count). The second kappa shape index (κ2) is 9.54. The van der Waals surface area contributed by atoms with Gasteiger partial charge >= 0.3 is 0 Å². The summed E-state index contributed by atoms with van der Waals surface area (Å²) in [6, 6.07) is 6.13. The summed E-state index contributed by atoms with van der Waals surface area (Å²) in [7, 11) is 0. The molecule has 2 aliphatic heterocycles. The van der Waals surface area contributed by atoms with Crippen LogP contribution in [0.4, 0.5) is 5.82 Å². The summed E-state index contributed by atoms with van der Waals surface area (Å²) in [6.45, 7) is 4.68. The van der Waals surface area contributed by atoms with E-state index in [1.807, 2.05) is 30.6 Å². The summed E-state index contributed by atoms with van der Waals surface area (Å²) >= 11 is 8.21. The molecule has 0 saturated carbocycles. The Morgan fingerprint density at radius 2 is 2.00 bits per heavy atom. The Morgan fingerprint density at radius 3 is 2.67 bits per heavy atom. The number of nitrogens with two attached hydrogens (primary N) is 1. The summed E-state index contributed by atoms with van der Waals surface area (Å²) in [6.07, 6.45) is 11.6. The van der Waals surface area contributed by atoms with E-state index in [1.54, 1.807) is 18.6 Å². The van der Waals surface area contributed by atoms with Gasteiger partial charge in [0.1, 0.15) is 10.8 Å². The van der Waals surface area contributed by atoms with E-state index in [2.05, 4.69) is 31.8 Å². The van der Waals surface area contributed by atoms with Crippen LogP contribution in [0.5, 0.6) is 0 Å². The zero-order valence-corrected chi connectivity index (χ0v) is 20.1. The number of piperidine rings is 1. The minimum atomic E-state index is 0.103. The molecule has 0 unspecified atom stereocenters. The van der Waals surface area contributed by atoms with Crippen LogP contribution in [0.3, 0.4) is 0 Å². The molecule has 0 bridgehead atoms. The number of anilines is 1. The predicted molar refractivity (Wildman–Crippen MR) is 130 cm³/mol. The Balaban J connectivity index is 1.23. The highest BCUT2D eigenvalue weighted by atomic mass is 35.5. The fraction of sp³-hybridized carbons (Fsp3) is 0.417. The van der Waals surface area contributed by atoms with E-state index in [1.165, 1.54) is 11.8 Å². The Labute approximate surface area is 203 Å². The minimum Gasteiger partial charge on any atom is -0.376 e. The molecule has 1 aromatic carbocycles. The molecule has 2 fully saturated rings. The fourth-order valence-corrected chi connectivity index (χ4v) is 5.79. The van der Waals surface area contributed by atoms with Gasteiger partial charge in [-0.25, -0.2) is 9.97 Å².